The summed E-state index contributed by atoms with van der Waals surface area (Å²) in [5.41, 5.74) is 3.29. The normalized spacial score (nSPS) is 38.9. The number of halogens is 3. The van der Waals surface area contributed by atoms with E-state index in [-0.39, 0.29) is 62.7 Å². The molecule has 3 aromatic carbocycles. The molecule has 55 heavy (non-hydrogen) atoms. The average molecular weight is 864 g/mol. The molecule has 0 spiro atoms. The van der Waals surface area contributed by atoms with Crippen molar-refractivity contribution in [1.82, 2.24) is 0 Å². The van der Waals surface area contributed by atoms with Crippen LogP contribution in [0.5, 0.6) is 0 Å². The van der Waals surface area contributed by atoms with E-state index in [0.29, 0.717) is 9.54 Å². The topological polar surface area (TPSA) is 0 Å². The summed E-state index contributed by atoms with van der Waals surface area (Å²) in [7, 11) is 0. The molecule has 0 nitrogen and oxygen atoms in total. The molecular weight excluding hydrogens is 810 g/mol. The molecule has 6 aliphatic rings. The molecule has 0 amide bonds. The molecule has 0 saturated heterocycles. The van der Waals surface area contributed by atoms with Gasteiger partial charge in [-0.2, -0.15) is 0 Å². The Kier molecular flexibility index (Phi) is 9.99. The van der Waals surface area contributed by atoms with Gasteiger partial charge in [0.05, 0.1) is 0 Å². The van der Waals surface area contributed by atoms with Crippen molar-refractivity contribution in [3.05, 3.63) is 177 Å². The second kappa shape index (κ2) is 13.5. The van der Waals surface area contributed by atoms with Gasteiger partial charge in [-0.15, -0.1) is 0 Å². The van der Waals surface area contributed by atoms with E-state index in [2.05, 4.69) is 201 Å². The van der Waals surface area contributed by atoms with E-state index in [1.54, 1.807) is 6.49 Å². The van der Waals surface area contributed by atoms with Crippen molar-refractivity contribution < 1.29 is 46.1 Å². The third-order valence-corrected chi connectivity index (χ3v) is 26.7. The van der Waals surface area contributed by atoms with Crippen LogP contribution in [0.2, 0.25) is 8.65 Å². The zero-order chi connectivity index (χ0) is 37.2. The van der Waals surface area contributed by atoms with E-state index < -0.39 is 21.3 Å². The molecule has 0 bridgehead atoms. The van der Waals surface area contributed by atoms with Gasteiger partial charge < -0.3 is 24.8 Å². The van der Waals surface area contributed by atoms with Crippen LogP contribution in [-0.4, -0.2) is 3.21 Å². The van der Waals surface area contributed by atoms with Crippen molar-refractivity contribution in [2.75, 3.05) is 0 Å². The maximum atomic E-state index is 7.00. The zero-order valence-corrected chi connectivity index (χ0v) is 38.2. The maximum absolute atomic E-state index is 7.00. The first-order valence-corrected chi connectivity index (χ1v) is 23.9. The number of fused-ring (bicyclic) bond motifs is 9. The molecule has 9 rings (SSSR count). The van der Waals surface area contributed by atoms with Crippen LogP contribution in [0.3, 0.4) is 0 Å². The molecular formula is C51H53Cl3Zr. The standard InChI is InChI=1S/C29H37.C17H11Cl.C5H5.2ClH.Zr/c1-21-14-13-15-22-20-27(6)25(4)18-10-9-16-23(25,2)24(3)17-11-12-19-26(24,5)29(27,8)28(21,22)7;18-16-9-3-5-13(12-16)11-15-8-4-7-14-6-1-2-10-17(14)15;1-2-4-5-3-1;;;/h9-20,22H,1-8H3;1-10,12H;1-3H,4H2;2*1H;/q;;;;;+2/p-2. The van der Waals surface area contributed by atoms with Gasteiger partial charge in [0.15, 0.2) is 0 Å². The predicted molar refractivity (Wildman–Crippen MR) is 224 cm³/mol. The minimum atomic E-state index is -3.12. The largest absolute Gasteiger partial charge is 1.00 e. The quantitative estimate of drug-likeness (QED) is 0.252. The van der Waals surface area contributed by atoms with Crippen LogP contribution in [0.15, 0.2) is 161 Å². The Morgan fingerprint density at radius 2 is 1.29 bits per heavy atom. The van der Waals surface area contributed by atoms with Crippen LogP contribution in [-0.2, 0) is 21.3 Å². The molecule has 9 atom stereocenters. The number of allylic oxidation sites excluding steroid dienone is 16. The van der Waals surface area contributed by atoms with E-state index in [1.807, 2.05) is 6.07 Å². The van der Waals surface area contributed by atoms with Gasteiger partial charge in [-0.25, -0.2) is 0 Å². The molecule has 6 aliphatic carbocycles. The van der Waals surface area contributed by atoms with E-state index in [0.717, 1.165) is 11.4 Å². The SMILES string of the molecule is CC1=CC=CC2[CH](/[Zr+2]([C]3=CC=CC3)=[C](/c3cccc(Cl)c3)c3cccc4ccccc34)C3(C)C4(C)C=CC=CC4(C)C4(C)C=CC=CC4(C)C3(C)C12C.[Cl-].[Cl-]. The van der Waals surface area contributed by atoms with Crippen molar-refractivity contribution >= 4 is 25.6 Å². The smallest absolute Gasteiger partial charge is 1.00 e. The van der Waals surface area contributed by atoms with Gasteiger partial charge in [-0.1, -0.05) is 0 Å². The van der Waals surface area contributed by atoms with Crippen LogP contribution in [0.25, 0.3) is 10.8 Å². The van der Waals surface area contributed by atoms with Gasteiger partial charge in [0.25, 0.3) is 0 Å². The molecule has 0 radical (unpaired) electrons. The Bertz CT molecular complexity index is 2380. The van der Waals surface area contributed by atoms with Crippen molar-refractivity contribution in [3.8, 4) is 0 Å². The molecule has 2 saturated carbocycles. The number of hydrogen-bond acceptors (Lipinski definition) is 0. The van der Waals surface area contributed by atoms with Gasteiger partial charge in [0, 0.05) is 0 Å². The molecule has 0 N–H and O–H groups in total. The molecule has 9 unspecified atom stereocenters. The van der Waals surface area contributed by atoms with Gasteiger partial charge >= 0.3 is 333 Å². The fourth-order valence-electron chi connectivity index (χ4n) is 13.9. The molecule has 0 aliphatic heterocycles. The van der Waals surface area contributed by atoms with Crippen molar-refractivity contribution in [1.29, 1.82) is 0 Å². The summed E-state index contributed by atoms with van der Waals surface area (Å²) in [5, 5.41) is 3.46. The fourth-order valence-corrected chi connectivity index (χ4v) is 25.4. The van der Waals surface area contributed by atoms with Crippen molar-refractivity contribution in [2.24, 2.45) is 43.8 Å². The molecule has 4 heteroatoms. The van der Waals surface area contributed by atoms with Crippen LogP contribution in [0.4, 0.5) is 0 Å². The first-order valence-electron chi connectivity index (χ1n) is 19.7. The third-order valence-electron chi connectivity index (χ3n) is 17.4. The first kappa shape index (κ1) is 40.7. The second-order valence-corrected chi connectivity index (χ2v) is 25.0. The van der Waals surface area contributed by atoms with E-state index >= 15 is 0 Å². The maximum Gasteiger partial charge on any atom is -1.00 e. The summed E-state index contributed by atoms with van der Waals surface area (Å²) < 4.78 is 3.73. The predicted octanol–water partition coefficient (Wildman–Crippen LogP) is 7.78. The Labute approximate surface area is 355 Å². The minimum absolute atomic E-state index is 0. The van der Waals surface area contributed by atoms with E-state index in [4.69, 9.17) is 11.6 Å². The van der Waals surface area contributed by atoms with Crippen molar-refractivity contribution in [3.63, 3.8) is 0 Å². The summed E-state index contributed by atoms with van der Waals surface area (Å²) in [6.07, 6.45) is 36.0. The molecule has 282 valence electrons. The van der Waals surface area contributed by atoms with Gasteiger partial charge in [-0.3, -0.25) is 0 Å². The van der Waals surface area contributed by atoms with Crippen LogP contribution in [0.1, 0.15) is 72.9 Å². The number of rotatable bonds is 4. The molecule has 2 fully saturated rings. The van der Waals surface area contributed by atoms with Gasteiger partial charge in [-0.05, 0) is 0 Å². The van der Waals surface area contributed by atoms with Gasteiger partial charge in [0.1, 0.15) is 0 Å². The number of benzene rings is 3. The summed E-state index contributed by atoms with van der Waals surface area (Å²) >= 11 is 3.89. The third kappa shape index (κ3) is 4.66. The first-order chi connectivity index (χ1) is 25.3. The molecule has 3 aromatic rings. The summed E-state index contributed by atoms with van der Waals surface area (Å²) in [4.78, 5) is 0. The van der Waals surface area contributed by atoms with E-state index in [1.165, 1.54) is 27.5 Å². The van der Waals surface area contributed by atoms with Crippen LogP contribution < -0.4 is 24.8 Å². The van der Waals surface area contributed by atoms with Crippen molar-refractivity contribution in [2.45, 2.75) is 65.4 Å². The Morgan fingerprint density at radius 1 is 0.673 bits per heavy atom. The Hall–Kier alpha value is -2.54. The summed E-state index contributed by atoms with van der Waals surface area (Å²) in [5.74, 6) is 0.362. The molecule has 0 heterocycles. The van der Waals surface area contributed by atoms with Crippen LogP contribution in [0, 0.1) is 43.8 Å². The summed E-state index contributed by atoms with van der Waals surface area (Å²) in [6.45, 7) is 21.3. The number of hydrogen-bond donors (Lipinski definition) is 0. The van der Waals surface area contributed by atoms with E-state index in [9.17, 15) is 0 Å². The monoisotopic (exact) mass is 860 g/mol. The summed E-state index contributed by atoms with van der Waals surface area (Å²) in [6, 6.07) is 24.9. The zero-order valence-electron chi connectivity index (χ0n) is 33.4. The average Bonchev–Trinajstić information content (AvgIpc) is 3.74. The Balaban J connectivity index is 0.00000233. The van der Waals surface area contributed by atoms with Crippen LogP contribution >= 0.6 is 11.6 Å². The second-order valence-electron chi connectivity index (χ2n) is 18.2. The molecule has 0 aromatic heterocycles. The minimum Gasteiger partial charge on any atom is -1.00 e. The van der Waals surface area contributed by atoms with Gasteiger partial charge in [0.2, 0.25) is 0 Å². The fraction of sp³-hybridized carbons (Fsp3) is 0.353. The Morgan fingerprint density at radius 3 is 1.96 bits per heavy atom.